The fourth-order valence-electron chi connectivity index (χ4n) is 5.07. The molecule has 39 heavy (non-hydrogen) atoms. The molecule has 7 heteroatoms. The number of aliphatic hydroxyl groups excluding tert-OH is 1. The molecular weight excluding hydrogens is 488 g/mol. The van der Waals surface area contributed by atoms with Gasteiger partial charge in [-0.3, -0.25) is 14.6 Å². The molecule has 1 saturated heterocycles. The molecule has 0 unspecified atom stereocenters. The summed E-state index contributed by atoms with van der Waals surface area (Å²) in [5, 5.41) is 15.3. The lowest BCUT2D eigenvalue weighted by Crippen LogP contribution is -2.50. The molecular formula is C32H44N4O3. The smallest absolute Gasteiger partial charge is 0.147 e. The molecule has 0 bridgehead atoms. The topological polar surface area (TPSA) is 70.8 Å². The van der Waals surface area contributed by atoms with Crippen LogP contribution in [0.3, 0.4) is 0 Å². The Morgan fingerprint density at radius 3 is 2.38 bits per heavy atom. The van der Waals surface area contributed by atoms with Crippen LogP contribution >= 0.6 is 0 Å². The molecule has 2 aromatic carbocycles. The normalized spacial score (nSPS) is 15.5. The van der Waals surface area contributed by atoms with E-state index in [0.717, 1.165) is 49.7 Å². The van der Waals surface area contributed by atoms with Crippen molar-refractivity contribution in [2.45, 2.75) is 53.1 Å². The van der Waals surface area contributed by atoms with Crippen LogP contribution in [0, 0.1) is 19.8 Å². The molecule has 0 saturated carbocycles. The van der Waals surface area contributed by atoms with Gasteiger partial charge in [-0.25, -0.2) is 4.68 Å². The number of piperazine rings is 1. The van der Waals surface area contributed by atoms with Crippen LogP contribution in [-0.2, 0) is 17.6 Å². The molecule has 1 fully saturated rings. The lowest BCUT2D eigenvalue weighted by molar-refractivity contribution is -0.120. The highest BCUT2D eigenvalue weighted by Crippen LogP contribution is 2.20. The molecule has 1 N–H and O–H groups in total. The average molecular weight is 533 g/mol. The Kier molecular flexibility index (Phi) is 10.3. The maximum absolute atomic E-state index is 12.8. The van der Waals surface area contributed by atoms with Gasteiger partial charge in [0.15, 0.2) is 0 Å². The van der Waals surface area contributed by atoms with Crippen LogP contribution in [0.25, 0.3) is 5.69 Å². The number of hydrogen-bond donors (Lipinski definition) is 1. The van der Waals surface area contributed by atoms with E-state index in [4.69, 9.17) is 9.84 Å². The molecule has 1 aromatic heterocycles. The number of ether oxygens (including phenoxy) is 1. The molecule has 3 aromatic rings. The molecule has 4 rings (SSSR count). The van der Waals surface area contributed by atoms with E-state index in [1.807, 2.05) is 43.3 Å². The quantitative estimate of drug-likeness (QED) is 0.355. The number of aliphatic hydroxyl groups is 1. The largest absolute Gasteiger partial charge is 0.491 e. The molecule has 0 radical (unpaired) electrons. The van der Waals surface area contributed by atoms with Crippen LogP contribution in [0.2, 0.25) is 0 Å². The van der Waals surface area contributed by atoms with Crippen molar-refractivity contribution in [3.63, 3.8) is 0 Å². The number of hydrogen-bond acceptors (Lipinski definition) is 6. The number of aromatic nitrogens is 2. The summed E-state index contributed by atoms with van der Waals surface area (Å²) in [5.41, 5.74) is 5.66. The predicted octanol–water partition coefficient (Wildman–Crippen LogP) is 4.25. The monoisotopic (exact) mass is 532 g/mol. The number of carbonyl (C=O) groups is 1. The van der Waals surface area contributed by atoms with E-state index in [0.29, 0.717) is 31.8 Å². The zero-order valence-corrected chi connectivity index (χ0v) is 24.0. The fourth-order valence-corrected chi connectivity index (χ4v) is 5.07. The maximum atomic E-state index is 12.8. The first-order valence-electron chi connectivity index (χ1n) is 14.2. The Hall–Kier alpha value is -3.00. The molecule has 2 heterocycles. The zero-order chi connectivity index (χ0) is 27.8. The molecule has 210 valence electrons. The minimum absolute atomic E-state index is 0.255. The zero-order valence-electron chi connectivity index (χ0n) is 24.0. The first-order chi connectivity index (χ1) is 18.8. The van der Waals surface area contributed by atoms with Gasteiger partial charge in [0.25, 0.3) is 0 Å². The molecule has 0 aliphatic carbocycles. The number of nitrogens with zero attached hydrogens (tertiary/aromatic N) is 4. The van der Waals surface area contributed by atoms with Crippen molar-refractivity contribution >= 4 is 5.78 Å². The van der Waals surface area contributed by atoms with Crippen molar-refractivity contribution in [1.29, 1.82) is 0 Å². The van der Waals surface area contributed by atoms with E-state index >= 15 is 0 Å². The van der Waals surface area contributed by atoms with Gasteiger partial charge >= 0.3 is 0 Å². The average Bonchev–Trinajstić information content (AvgIpc) is 3.30. The highest BCUT2D eigenvalue weighted by Gasteiger charge is 2.21. The summed E-state index contributed by atoms with van der Waals surface area (Å²) in [7, 11) is 0. The number of benzene rings is 2. The van der Waals surface area contributed by atoms with Gasteiger partial charge in [-0.2, -0.15) is 5.10 Å². The number of rotatable bonds is 13. The molecule has 1 aliphatic heterocycles. The van der Waals surface area contributed by atoms with Gasteiger partial charge in [0.2, 0.25) is 0 Å². The van der Waals surface area contributed by atoms with Crippen LogP contribution in [0.1, 0.15) is 42.8 Å². The van der Waals surface area contributed by atoms with E-state index in [1.165, 1.54) is 16.8 Å². The summed E-state index contributed by atoms with van der Waals surface area (Å²) in [6.45, 7) is 13.3. The van der Waals surface area contributed by atoms with Crippen LogP contribution in [0.15, 0.2) is 54.6 Å². The van der Waals surface area contributed by atoms with Crippen molar-refractivity contribution in [2.75, 3.05) is 45.9 Å². The SMILES string of the molecule is Cc1ccc(OC[C@@H](O)CN2CCN(CC(=O)CCc3cc(CC(C)C)n(-c4ccccc4C)n3)CC2)cc1. The van der Waals surface area contributed by atoms with E-state index in [1.54, 1.807) is 0 Å². The van der Waals surface area contributed by atoms with Crippen molar-refractivity contribution in [3.8, 4) is 11.4 Å². The molecule has 0 amide bonds. The summed E-state index contributed by atoms with van der Waals surface area (Å²) in [4.78, 5) is 17.3. The van der Waals surface area contributed by atoms with Crippen LogP contribution in [0.4, 0.5) is 0 Å². The van der Waals surface area contributed by atoms with Crippen LogP contribution in [0.5, 0.6) is 5.75 Å². The Morgan fingerprint density at radius 1 is 1.00 bits per heavy atom. The van der Waals surface area contributed by atoms with Gasteiger partial charge in [0, 0.05) is 44.8 Å². The third-order valence-electron chi connectivity index (χ3n) is 7.25. The van der Waals surface area contributed by atoms with E-state index in [2.05, 4.69) is 53.5 Å². The molecule has 1 atom stereocenters. The first kappa shape index (κ1) is 29.0. The minimum atomic E-state index is -0.542. The van der Waals surface area contributed by atoms with E-state index in [-0.39, 0.29) is 12.4 Å². The third-order valence-corrected chi connectivity index (χ3v) is 7.25. The predicted molar refractivity (Wildman–Crippen MR) is 156 cm³/mol. The highest BCUT2D eigenvalue weighted by molar-refractivity contribution is 5.80. The number of aryl methyl sites for hydroxylation is 3. The standard InChI is InChI=1S/C32H44N4O3/c1-24(2)19-28-20-27(33-36(28)32-8-6-5-7-26(32)4)11-12-29(37)21-34-15-17-35(18-16-34)22-30(38)23-39-31-13-9-25(3)10-14-31/h5-10,13-14,20,24,30,38H,11-12,15-19,21-23H2,1-4H3/t30-/m0/s1. The molecule has 1 aliphatic rings. The lowest BCUT2D eigenvalue weighted by Gasteiger charge is -2.35. The number of para-hydroxylation sites is 1. The summed E-state index contributed by atoms with van der Waals surface area (Å²) in [6.07, 6.45) is 1.57. The van der Waals surface area contributed by atoms with Gasteiger partial charge in [0.05, 0.1) is 17.9 Å². The summed E-state index contributed by atoms with van der Waals surface area (Å²) >= 11 is 0. The number of carbonyl (C=O) groups excluding carboxylic acids is 1. The van der Waals surface area contributed by atoms with Crippen LogP contribution in [-0.4, -0.2) is 82.4 Å². The Labute approximate surface area is 233 Å². The van der Waals surface area contributed by atoms with E-state index in [9.17, 15) is 9.90 Å². The first-order valence-corrected chi connectivity index (χ1v) is 14.2. The number of β-amino-alcohol motifs (C(OH)–C–C–N with tert-alkyl or cyclic N) is 1. The van der Waals surface area contributed by atoms with Gasteiger partial charge in [-0.1, -0.05) is 49.7 Å². The van der Waals surface area contributed by atoms with E-state index < -0.39 is 6.10 Å². The summed E-state index contributed by atoms with van der Waals surface area (Å²) in [5.74, 6) is 1.56. The lowest BCUT2D eigenvalue weighted by atomic mass is 10.1. The number of Topliss-reactive ketones (excluding diaryl/α,β-unsaturated/α-hetero) is 1. The fraction of sp³-hybridized carbons (Fsp3) is 0.500. The van der Waals surface area contributed by atoms with Gasteiger partial charge in [-0.05, 0) is 62.4 Å². The molecule has 7 nitrogen and oxygen atoms in total. The van der Waals surface area contributed by atoms with Crippen LogP contribution < -0.4 is 4.74 Å². The second-order valence-corrected chi connectivity index (χ2v) is 11.3. The second kappa shape index (κ2) is 13.9. The Morgan fingerprint density at radius 2 is 1.69 bits per heavy atom. The van der Waals surface area contributed by atoms with Crippen molar-refractivity contribution in [1.82, 2.24) is 19.6 Å². The van der Waals surface area contributed by atoms with Gasteiger partial charge < -0.3 is 9.84 Å². The minimum Gasteiger partial charge on any atom is -0.491 e. The van der Waals surface area contributed by atoms with Crippen molar-refractivity contribution in [2.24, 2.45) is 5.92 Å². The third kappa shape index (κ3) is 8.75. The maximum Gasteiger partial charge on any atom is 0.147 e. The van der Waals surface area contributed by atoms with Crippen molar-refractivity contribution in [3.05, 3.63) is 77.1 Å². The highest BCUT2D eigenvalue weighted by atomic mass is 16.5. The number of ketones is 1. The Balaban J connectivity index is 1.20. The van der Waals surface area contributed by atoms with Gasteiger partial charge in [0.1, 0.15) is 24.2 Å². The second-order valence-electron chi connectivity index (χ2n) is 11.3. The van der Waals surface area contributed by atoms with Gasteiger partial charge in [-0.15, -0.1) is 0 Å². The molecule has 0 spiro atoms. The van der Waals surface area contributed by atoms with Crippen molar-refractivity contribution < 1.29 is 14.6 Å². The Bertz CT molecular complexity index is 1200. The summed E-state index contributed by atoms with van der Waals surface area (Å²) < 4.78 is 7.79. The summed E-state index contributed by atoms with van der Waals surface area (Å²) in [6, 6.07) is 18.4.